The highest BCUT2D eigenvalue weighted by atomic mass is 16.5. The Bertz CT molecular complexity index is 363. The van der Waals surface area contributed by atoms with Crippen molar-refractivity contribution < 1.29 is 29.0 Å². The number of ether oxygens (including phenoxy) is 1. The third kappa shape index (κ3) is 8.89. The zero-order valence-electron chi connectivity index (χ0n) is 9.76. The molecular weight excluding hydrogens is 244 g/mol. The molecule has 0 saturated carbocycles. The van der Waals surface area contributed by atoms with E-state index in [0.29, 0.717) is 12.2 Å². The molecule has 0 aliphatic heterocycles. The maximum absolute atomic E-state index is 11.1. The summed E-state index contributed by atoms with van der Waals surface area (Å²) in [5.74, 6) is -2.63. The summed E-state index contributed by atoms with van der Waals surface area (Å²) < 4.78 is 4.62. The summed E-state index contributed by atoms with van der Waals surface area (Å²) in [5.41, 5.74) is 0. The van der Waals surface area contributed by atoms with E-state index in [9.17, 15) is 19.2 Å². The molecule has 0 radical (unpaired) electrons. The molecule has 8 nitrogen and oxygen atoms in total. The highest BCUT2D eigenvalue weighted by molar-refractivity contribution is 6.02. The van der Waals surface area contributed by atoms with Crippen LogP contribution in [0.25, 0.3) is 0 Å². The van der Waals surface area contributed by atoms with Gasteiger partial charge in [-0.15, -0.1) is 0 Å². The van der Waals surface area contributed by atoms with Gasteiger partial charge in [-0.3, -0.25) is 14.9 Å². The van der Waals surface area contributed by atoms with Crippen molar-refractivity contribution in [3.05, 3.63) is 12.2 Å². The van der Waals surface area contributed by atoms with Crippen LogP contribution in [0.5, 0.6) is 0 Å². The molecule has 0 atom stereocenters. The average molecular weight is 258 g/mol. The maximum Gasteiger partial charge on any atom is 0.328 e. The van der Waals surface area contributed by atoms with Crippen LogP contribution < -0.4 is 10.6 Å². The fourth-order valence-corrected chi connectivity index (χ4v) is 0.856. The van der Waals surface area contributed by atoms with Crippen LogP contribution >= 0.6 is 0 Å². The van der Waals surface area contributed by atoms with E-state index in [2.05, 4.69) is 10.1 Å². The lowest BCUT2D eigenvalue weighted by atomic mass is 10.4. The minimum Gasteiger partial charge on any atom is -0.478 e. The molecule has 0 rings (SSSR count). The summed E-state index contributed by atoms with van der Waals surface area (Å²) in [6, 6.07) is -0.820. The molecule has 0 aromatic heterocycles. The Morgan fingerprint density at radius 1 is 1.22 bits per heavy atom. The molecule has 0 spiro atoms. The first-order valence-electron chi connectivity index (χ1n) is 5.11. The molecular formula is C10H14N2O6. The van der Waals surface area contributed by atoms with Crippen LogP contribution in [0, 0.1) is 0 Å². The van der Waals surface area contributed by atoms with Gasteiger partial charge in [0.05, 0.1) is 13.0 Å². The normalized spacial score (nSPS) is 9.83. The van der Waals surface area contributed by atoms with E-state index < -0.39 is 23.9 Å². The van der Waals surface area contributed by atoms with Gasteiger partial charge in [0.2, 0.25) is 0 Å². The van der Waals surface area contributed by atoms with Crippen LogP contribution in [0.15, 0.2) is 12.2 Å². The highest BCUT2D eigenvalue weighted by Crippen LogP contribution is 1.84. The molecule has 0 aliphatic carbocycles. The summed E-state index contributed by atoms with van der Waals surface area (Å²) in [4.78, 5) is 43.0. The number of nitrogens with one attached hydrogen (secondary N) is 2. The fourth-order valence-electron chi connectivity index (χ4n) is 0.856. The first kappa shape index (κ1) is 15.6. The molecule has 3 amide bonds. The molecule has 0 aromatic rings. The summed E-state index contributed by atoms with van der Waals surface area (Å²) in [5, 5.41) is 12.3. The molecule has 0 bridgehead atoms. The van der Waals surface area contributed by atoms with Crippen LogP contribution in [0.1, 0.15) is 13.3 Å². The molecule has 0 unspecified atom stereocenters. The first-order chi connectivity index (χ1) is 8.45. The van der Waals surface area contributed by atoms with Gasteiger partial charge < -0.3 is 15.2 Å². The second-order valence-electron chi connectivity index (χ2n) is 2.97. The van der Waals surface area contributed by atoms with E-state index in [1.54, 1.807) is 6.92 Å². The van der Waals surface area contributed by atoms with Crippen LogP contribution in [-0.4, -0.2) is 42.1 Å². The second kappa shape index (κ2) is 8.74. The van der Waals surface area contributed by atoms with Crippen molar-refractivity contribution in [1.82, 2.24) is 10.6 Å². The largest absolute Gasteiger partial charge is 0.478 e. The smallest absolute Gasteiger partial charge is 0.328 e. The number of carboxylic acid groups (broad SMARTS) is 1. The van der Waals surface area contributed by atoms with Gasteiger partial charge in [-0.2, -0.15) is 0 Å². The van der Waals surface area contributed by atoms with E-state index in [0.717, 1.165) is 0 Å². The monoisotopic (exact) mass is 258 g/mol. The number of esters is 1. The molecule has 3 N–H and O–H groups in total. The van der Waals surface area contributed by atoms with Crippen molar-refractivity contribution in [2.75, 3.05) is 13.2 Å². The number of amides is 3. The molecule has 18 heavy (non-hydrogen) atoms. The minimum absolute atomic E-state index is 0.0135. The third-order valence-corrected chi connectivity index (χ3v) is 1.53. The van der Waals surface area contributed by atoms with Gasteiger partial charge in [0.25, 0.3) is 5.91 Å². The quantitative estimate of drug-likeness (QED) is 0.432. The zero-order chi connectivity index (χ0) is 14.0. The van der Waals surface area contributed by atoms with Gasteiger partial charge in [0.1, 0.15) is 0 Å². The molecule has 0 saturated heterocycles. The van der Waals surface area contributed by atoms with Crippen molar-refractivity contribution in [2.24, 2.45) is 0 Å². The summed E-state index contributed by atoms with van der Waals surface area (Å²) in [6.07, 6.45) is 1.29. The van der Waals surface area contributed by atoms with E-state index in [1.807, 2.05) is 5.32 Å². The van der Waals surface area contributed by atoms with Crippen molar-refractivity contribution in [1.29, 1.82) is 0 Å². The lowest BCUT2D eigenvalue weighted by molar-refractivity contribution is -0.143. The SMILES string of the molecule is CCOC(=O)CCNC(=O)NC(=O)C=CC(=O)O. The Hall–Kier alpha value is -2.38. The average Bonchev–Trinajstić information content (AvgIpc) is 2.26. The minimum atomic E-state index is -1.30. The highest BCUT2D eigenvalue weighted by Gasteiger charge is 2.06. The van der Waals surface area contributed by atoms with Gasteiger partial charge in [-0.1, -0.05) is 0 Å². The number of rotatable bonds is 6. The standard InChI is InChI=1S/C10H14N2O6/c1-2-18-9(16)5-6-11-10(17)12-7(13)3-4-8(14)15/h3-4H,2,5-6H2,1H3,(H,14,15)(H2,11,12,13,17). The van der Waals surface area contributed by atoms with Gasteiger partial charge >= 0.3 is 18.0 Å². The maximum atomic E-state index is 11.1. The number of hydrogen-bond acceptors (Lipinski definition) is 5. The fraction of sp³-hybridized carbons (Fsp3) is 0.400. The summed E-state index contributed by atoms with van der Waals surface area (Å²) in [6.45, 7) is 1.93. The molecule has 8 heteroatoms. The van der Waals surface area contributed by atoms with Crippen molar-refractivity contribution in [2.45, 2.75) is 13.3 Å². The Morgan fingerprint density at radius 2 is 1.89 bits per heavy atom. The lowest BCUT2D eigenvalue weighted by Crippen LogP contribution is -2.39. The van der Waals surface area contributed by atoms with Gasteiger partial charge in [-0.25, -0.2) is 9.59 Å². The number of urea groups is 1. The second-order valence-corrected chi connectivity index (χ2v) is 2.97. The predicted molar refractivity (Wildman–Crippen MR) is 59.6 cm³/mol. The first-order valence-corrected chi connectivity index (χ1v) is 5.11. The molecule has 0 fully saturated rings. The van der Waals surface area contributed by atoms with E-state index in [1.165, 1.54) is 0 Å². The number of imide groups is 1. The van der Waals surface area contributed by atoms with Crippen LogP contribution in [-0.2, 0) is 19.1 Å². The van der Waals surface area contributed by atoms with Crippen LogP contribution in [0.2, 0.25) is 0 Å². The van der Waals surface area contributed by atoms with E-state index in [-0.39, 0.29) is 19.6 Å². The van der Waals surface area contributed by atoms with Gasteiger partial charge in [0.15, 0.2) is 0 Å². The summed E-state index contributed by atoms with van der Waals surface area (Å²) in [7, 11) is 0. The van der Waals surface area contributed by atoms with Crippen molar-refractivity contribution >= 4 is 23.9 Å². The third-order valence-electron chi connectivity index (χ3n) is 1.53. The van der Waals surface area contributed by atoms with Crippen LogP contribution in [0.3, 0.4) is 0 Å². The van der Waals surface area contributed by atoms with E-state index >= 15 is 0 Å². The number of carbonyl (C=O) groups excluding carboxylic acids is 3. The Morgan fingerprint density at radius 3 is 2.44 bits per heavy atom. The molecule has 100 valence electrons. The Labute approximate surface area is 103 Å². The predicted octanol–water partition coefficient (Wildman–Crippen LogP) is -0.594. The van der Waals surface area contributed by atoms with Crippen molar-refractivity contribution in [3.8, 4) is 0 Å². The molecule has 0 aliphatic rings. The number of carbonyl (C=O) groups is 4. The number of hydrogen-bond donors (Lipinski definition) is 3. The van der Waals surface area contributed by atoms with Crippen LogP contribution in [0.4, 0.5) is 4.79 Å². The summed E-state index contributed by atoms with van der Waals surface area (Å²) >= 11 is 0. The Kier molecular flexibility index (Phi) is 7.58. The molecule has 0 heterocycles. The van der Waals surface area contributed by atoms with Gasteiger partial charge in [0, 0.05) is 18.7 Å². The topological polar surface area (TPSA) is 122 Å². The van der Waals surface area contributed by atoms with Crippen molar-refractivity contribution in [3.63, 3.8) is 0 Å². The van der Waals surface area contributed by atoms with E-state index in [4.69, 9.17) is 5.11 Å². The zero-order valence-corrected chi connectivity index (χ0v) is 9.76. The number of carboxylic acids is 1. The lowest BCUT2D eigenvalue weighted by Gasteiger charge is -2.04. The Balaban J connectivity index is 3.81. The van der Waals surface area contributed by atoms with Gasteiger partial charge in [-0.05, 0) is 6.92 Å². The molecule has 0 aromatic carbocycles. The number of aliphatic carboxylic acids is 1.